The van der Waals surface area contributed by atoms with Crippen LogP contribution in [0.25, 0.3) is 21.8 Å². The Bertz CT molecular complexity index is 1180. The monoisotopic (exact) mass is 370 g/mol. The SMILES string of the molecule is Cc1ccc2c(c1)c1cc(C#N)ccc1n2CC(C)(O)COc1ccccc1. The van der Waals surface area contributed by atoms with Crippen LogP contribution >= 0.6 is 0 Å². The summed E-state index contributed by atoms with van der Waals surface area (Å²) in [5.41, 5.74) is 2.77. The Morgan fingerprint density at radius 3 is 2.39 bits per heavy atom. The molecule has 0 aliphatic carbocycles. The summed E-state index contributed by atoms with van der Waals surface area (Å²) >= 11 is 0. The normalized spacial score (nSPS) is 13.4. The Kier molecular flexibility index (Phi) is 4.54. The summed E-state index contributed by atoms with van der Waals surface area (Å²) in [6.45, 7) is 4.40. The smallest absolute Gasteiger partial charge is 0.119 e. The van der Waals surface area contributed by atoms with Gasteiger partial charge in [0.25, 0.3) is 0 Å². The van der Waals surface area contributed by atoms with Crippen LogP contribution in [0.3, 0.4) is 0 Å². The zero-order chi connectivity index (χ0) is 19.7. The highest BCUT2D eigenvalue weighted by Crippen LogP contribution is 2.32. The van der Waals surface area contributed by atoms with E-state index in [9.17, 15) is 10.4 Å². The molecule has 0 fully saturated rings. The molecule has 140 valence electrons. The van der Waals surface area contributed by atoms with Crippen LogP contribution in [0, 0.1) is 18.3 Å². The Morgan fingerprint density at radius 1 is 1.00 bits per heavy atom. The van der Waals surface area contributed by atoms with E-state index in [1.54, 1.807) is 6.92 Å². The molecule has 0 aliphatic rings. The largest absolute Gasteiger partial charge is 0.491 e. The lowest BCUT2D eigenvalue weighted by Gasteiger charge is -2.25. The minimum Gasteiger partial charge on any atom is -0.491 e. The van der Waals surface area contributed by atoms with Crippen molar-refractivity contribution in [3.05, 3.63) is 77.9 Å². The van der Waals surface area contributed by atoms with E-state index in [1.807, 2.05) is 48.5 Å². The van der Waals surface area contributed by atoms with Gasteiger partial charge < -0.3 is 14.4 Å². The maximum absolute atomic E-state index is 11.0. The summed E-state index contributed by atoms with van der Waals surface area (Å²) in [6.07, 6.45) is 0. The fourth-order valence-electron chi connectivity index (χ4n) is 3.60. The summed E-state index contributed by atoms with van der Waals surface area (Å²) in [4.78, 5) is 0. The molecule has 0 saturated heterocycles. The Hall–Kier alpha value is -3.29. The maximum Gasteiger partial charge on any atom is 0.119 e. The predicted molar refractivity (Wildman–Crippen MR) is 111 cm³/mol. The Morgan fingerprint density at radius 2 is 1.68 bits per heavy atom. The molecule has 28 heavy (non-hydrogen) atoms. The van der Waals surface area contributed by atoms with Crippen LogP contribution in [0.1, 0.15) is 18.1 Å². The van der Waals surface area contributed by atoms with E-state index in [2.05, 4.69) is 35.8 Å². The second-order valence-corrected chi connectivity index (χ2v) is 7.55. The van der Waals surface area contributed by atoms with Crippen molar-refractivity contribution in [1.82, 2.24) is 4.57 Å². The molecule has 0 bridgehead atoms. The number of ether oxygens (including phenoxy) is 1. The fourth-order valence-corrected chi connectivity index (χ4v) is 3.60. The summed E-state index contributed by atoms with van der Waals surface area (Å²) in [5.74, 6) is 0.735. The number of nitriles is 1. The second-order valence-electron chi connectivity index (χ2n) is 7.55. The molecule has 1 unspecified atom stereocenters. The average molecular weight is 370 g/mol. The number of fused-ring (bicyclic) bond motifs is 3. The topological polar surface area (TPSA) is 58.2 Å². The van der Waals surface area contributed by atoms with E-state index in [0.29, 0.717) is 12.1 Å². The lowest BCUT2D eigenvalue weighted by molar-refractivity contribution is -0.00106. The molecule has 4 aromatic rings. The van der Waals surface area contributed by atoms with Gasteiger partial charge in [-0.15, -0.1) is 0 Å². The first-order valence-electron chi connectivity index (χ1n) is 9.30. The van der Waals surface area contributed by atoms with Gasteiger partial charge in [-0.05, 0) is 56.3 Å². The standard InChI is InChI=1S/C24H22N2O2/c1-17-8-10-22-20(12-17)21-13-18(14-25)9-11-23(21)26(22)15-24(2,27)16-28-19-6-4-3-5-7-19/h3-13,27H,15-16H2,1-2H3. The van der Waals surface area contributed by atoms with Crippen molar-refractivity contribution >= 4 is 21.8 Å². The van der Waals surface area contributed by atoms with E-state index < -0.39 is 5.60 Å². The van der Waals surface area contributed by atoms with E-state index in [1.165, 1.54) is 0 Å². The Balaban J connectivity index is 1.73. The molecule has 4 heteroatoms. The van der Waals surface area contributed by atoms with E-state index in [0.717, 1.165) is 33.1 Å². The third-order valence-corrected chi connectivity index (χ3v) is 4.94. The quantitative estimate of drug-likeness (QED) is 0.549. The molecule has 0 spiro atoms. The first-order valence-corrected chi connectivity index (χ1v) is 9.30. The summed E-state index contributed by atoms with van der Waals surface area (Å²) in [6, 6.07) is 23.7. The minimum absolute atomic E-state index is 0.181. The van der Waals surface area contributed by atoms with Crippen LogP contribution in [0.4, 0.5) is 0 Å². The third kappa shape index (κ3) is 3.45. The highest BCUT2D eigenvalue weighted by atomic mass is 16.5. The predicted octanol–water partition coefficient (Wildman–Crippen LogP) is 4.80. The van der Waals surface area contributed by atoms with E-state index >= 15 is 0 Å². The Labute approximate surface area is 164 Å². The summed E-state index contributed by atoms with van der Waals surface area (Å²) in [7, 11) is 0. The van der Waals surface area contributed by atoms with Crippen LogP contribution < -0.4 is 4.74 Å². The fraction of sp³-hybridized carbons (Fsp3) is 0.208. The van der Waals surface area contributed by atoms with Gasteiger partial charge in [0.05, 0.1) is 18.2 Å². The number of hydrogen-bond acceptors (Lipinski definition) is 3. The molecule has 0 amide bonds. The highest BCUT2D eigenvalue weighted by molar-refractivity contribution is 6.08. The molecule has 0 saturated carbocycles. The zero-order valence-corrected chi connectivity index (χ0v) is 16.0. The highest BCUT2D eigenvalue weighted by Gasteiger charge is 2.25. The van der Waals surface area contributed by atoms with Crippen molar-refractivity contribution in [2.45, 2.75) is 26.0 Å². The van der Waals surface area contributed by atoms with E-state index in [4.69, 9.17) is 4.74 Å². The molecule has 1 aromatic heterocycles. The second kappa shape index (κ2) is 7.03. The average Bonchev–Trinajstić information content (AvgIpc) is 2.99. The van der Waals surface area contributed by atoms with E-state index in [-0.39, 0.29) is 6.61 Å². The van der Waals surface area contributed by atoms with Gasteiger partial charge in [-0.1, -0.05) is 29.8 Å². The molecule has 1 atom stereocenters. The van der Waals surface area contributed by atoms with Crippen molar-refractivity contribution in [2.75, 3.05) is 6.61 Å². The van der Waals surface area contributed by atoms with Crippen molar-refractivity contribution in [3.63, 3.8) is 0 Å². The number of aliphatic hydroxyl groups is 1. The number of aryl methyl sites for hydroxylation is 1. The molecule has 4 nitrogen and oxygen atoms in total. The molecule has 0 radical (unpaired) electrons. The number of benzene rings is 3. The van der Waals surface area contributed by atoms with Crippen molar-refractivity contribution < 1.29 is 9.84 Å². The van der Waals surface area contributed by atoms with Gasteiger partial charge in [-0.3, -0.25) is 0 Å². The molecule has 1 N–H and O–H groups in total. The first-order chi connectivity index (χ1) is 13.5. The third-order valence-electron chi connectivity index (χ3n) is 4.94. The van der Waals surface area contributed by atoms with Gasteiger partial charge in [0.15, 0.2) is 0 Å². The van der Waals surface area contributed by atoms with Gasteiger partial charge in [-0.2, -0.15) is 5.26 Å². The number of nitrogens with zero attached hydrogens (tertiary/aromatic N) is 2. The molecular weight excluding hydrogens is 348 g/mol. The van der Waals surface area contributed by atoms with Gasteiger partial charge in [0, 0.05) is 21.8 Å². The lowest BCUT2D eigenvalue weighted by atomic mass is 10.1. The van der Waals surface area contributed by atoms with Crippen molar-refractivity contribution in [3.8, 4) is 11.8 Å². The first kappa shape index (κ1) is 18.1. The summed E-state index contributed by atoms with van der Waals surface area (Å²) in [5, 5.41) is 22.4. The van der Waals surface area contributed by atoms with Crippen molar-refractivity contribution in [1.29, 1.82) is 5.26 Å². The molecular formula is C24H22N2O2. The number of hydrogen-bond donors (Lipinski definition) is 1. The number of para-hydroxylation sites is 1. The van der Waals surface area contributed by atoms with Crippen LogP contribution in [0.15, 0.2) is 66.7 Å². The zero-order valence-electron chi connectivity index (χ0n) is 16.0. The van der Waals surface area contributed by atoms with Gasteiger partial charge in [-0.25, -0.2) is 0 Å². The molecule has 4 rings (SSSR count). The van der Waals surface area contributed by atoms with Gasteiger partial charge >= 0.3 is 0 Å². The summed E-state index contributed by atoms with van der Waals surface area (Å²) < 4.78 is 7.90. The molecule has 1 heterocycles. The lowest BCUT2D eigenvalue weighted by Crippen LogP contribution is -2.37. The van der Waals surface area contributed by atoms with Gasteiger partial charge in [0.1, 0.15) is 18.0 Å². The van der Waals surface area contributed by atoms with Crippen molar-refractivity contribution in [2.24, 2.45) is 0 Å². The molecule has 3 aromatic carbocycles. The molecule has 0 aliphatic heterocycles. The number of aromatic nitrogens is 1. The maximum atomic E-state index is 11.0. The van der Waals surface area contributed by atoms with Crippen LogP contribution in [-0.2, 0) is 6.54 Å². The van der Waals surface area contributed by atoms with Crippen LogP contribution in [0.5, 0.6) is 5.75 Å². The van der Waals surface area contributed by atoms with Gasteiger partial charge in [0.2, 0.25) is 0 Å². The minimum atomic E-state index is -1.06. The van der Waals surface area contributed by atoms with Crippen LogP contribution in [0.2, 0.25) is 0 Å². The van der Waals surface area contributed by atoms with Crippen LogP contribution in [-0.4, -0.2) is 21.9 Å². The number of rotatable bonds is 5.